The van der Waals surface area contributed by atoms with Gasteiger partial charge in [-0.2, -0.15) is 0 Å². The van der Waals surface area contributed by atoms with Gasteiger partial charge in [-0.15, -0.1) is 0 Å². The predicted molar refractivity (Wildman–Crippen MR) is 76.9 cm³/mol. The molecule has 2 unspecified atom stereocenters. The Morgan fingerprint density at radius 2 is 2.26 bits per heavy atom. The number of para-hydroxylation sites is 1. The normalized spacial score (nSPS) is 27.4. The van der Waals surface area contributed by atoms with Gasteiger partial charge >= 0.3 is 0 Å². The van der Waals surface area contributed by atoms with Crippen LogP contribution in [0.4, 0.5) is 5.69 Å². The summed E-state index contributed by atoms with van der Waals surface area (Å²) in [6.07, 6.45) is 2.95. The van der Waals surface area contributed by atoms with Crippen LogP contribution in [0.2, 0.25) is 0 Å². The zero-order chi connectivity index (χ0) is 13.1. The van der Waals surface area contributed by atoms with Gasteiger partial charge in [0.05, 0.1) is 12.7 Å². The number of benzene rings is 1. The third-order valence-corrected chi connectivity index (χ3v) is 4.20. The molecule has 2 aliphatic rings. The summed E-state index contributed by atoms with van der Waals surface area (Å²) in [6.45, 7) is 4.94. The Morgan fingerprint density at radius 3 is 3.16 bits per heavy atom. The molecule has 2 aliphatic heterocycles. The van der Waals surface area contributed by atoms with Crippen LogP contribution in [0.5, 0.6) is 0 Å². The molecule has 104 valence electrons. The van der Waals surface area contributed by atoms with Gasteiger partial charge in [-0.3, -0.25) is 4.90 Å². The van der Waals surface area contributed by atoms with Crippen LogP contribution in [0, 0.1) is 0 Å². The van der Waals surface area contributed by atoms with Gasteiger partial charge in [-0.05, 0) is 31.0 Å². The summed E-state index contributed by atoms with van der Waals surface area (Å²) in [7, 11) is 0. The molecule has 0 amide bonds. The molecular weight excluding hydrogens is 238 g/mol. The van der Waals surface area contributed by atoms with Crippen LogP contribution in [0.15, 0.2) is 24.3 Å². The number of nitrogens with one attached hydrogen (secondary N) is 1. The molecule has 0 aliphatic carbocycles. The predicted octanol–water partition coefficient (Wildman–Crippen LogP) is 1.22. The van der Waals surface area contributed by atoms with E-state index in [1.807, 2.05) is 18.2 Å². The number of ether oxygens (including phenoxy) is 1. The van der Waals surface area contributed by atoms with Crippen molar-refractivity contribution in [2.45, 2.75) is 31.5 Å². The number of anilines is 1. The van der Waals surface area contributed by atoms with Crippen LogP contribution in [0.1, 0.15) is 18.4 Å². The second kappa shape index (κ2) is 5.90. The van der Waals surface area contributed by atoms with E-state index in [-0.39, 0.29) is 0 Å². The fraction of sp³-hybridized carbons (Fsp3) is 0.600. The topological polar surface area (TPSA) is 50.5 Å². The van der Waals surface area contributed by atoms with Crippen LogP contribution in [-0.2, 0) is 11.3 Å². The zero-order valence-corrected chi connectivity index (χ0v) is 11.3. The van der Waals surface area contributed by atoms with Gasteiger partial charge in [-0.1, -0.05) is 18.2 Å². The van der Waals surface area contributed by atoms with Gasteiger partial charge in [0.15, 0.2) is 0 Å². The monoisotopic (exact) mass is 261 g/mol. The molecule has 0 spiro atoms. The molecule has 3 rings (SSSR count). The van der Waals surface area contributed by atoms with Gasteiger partial charge in [0.2, 0.25) is 0 Å². The first-order valence-electron chi connectivity index (χ1n) is 7.22. The highest BCUT2D eigenvalue weighted by atomic mass is 16.5. The molecule has 2 heterocycles. The number of nitrogens with two attached hydrogens (primary N) is 1. The summed E-state index contributed by atoms with van der Waals surface area (Å²) >= 11 is 0. The van der Waals surface area contributed by atoms with Crippen molar-refractivity contribution in [2.24, 2.45) is 0 Å². The zero-order valence-electron chi connectivity index (χ0n) is 11.3. The first-order chi connectivity index (χ1) is 9.33. The minimum Gasteiger partial charge on any atom is -0.398 e. The van der Waals surface area contributed by atoms with Crippen molar-refractivity contribution in [1.29, 1.82) is 0 Å². The molecule has 0 saturated carbocycles. The fourth-order valence-corrected chi connectivity index (χ4v) is 3.07. The van der Waals surface area contributed by atoms with E-state index >= 15 is 0 Å². The van der Waals surface area contributed by atoms with Gasteiger partial charge in [0.1, 0.15) is 0 Å². The standard InChI is InChI=1S/C15H23N3O/c16-15-6-2-1-4-12(15)8-17-9-14-10-18-7-3-5-13(18)11-19-14/h1-2,4,6,13-14,17H,3,5,7-11,16H2. The quantitative estimate of drug-likeness (QED) is 0.800. The molecule has 1 aromatic rings. The average molecular weight is 261 g/mol. The number of nitrogens with zero attached hydrogens (tertiary/aromatic N) is 1. The molecule has 4 nitrogen and oxygen atoms in total. The summed E-state index contributed by atoms with van der Waals surface area (Å²) in [5.74, 6) is 0. The van der Waals surface area contributed by atoms with Crippen LogP contribution in [0.3, 0.4) is 0 Å². The Kier molecular flexibility index (Phi) is 4.01. The summed E-state index contributed by atoms with van der Waals surface area (Å²) < 4.78 is 5.92. The lowest BCUT2D eigenvalue weighted by molar-refractivity contribution is -0.0470. The Morgan fingerprint density at radius 1 is 1.37 bits per heavy atom. The Bertz CT molecular complexity index is 424. The molecule has 0 bridgehead atoms. The first kappa shape index (κ1) is 12.9. The maximum Gasteiger partial charge on any atom is 0.0827 e. The molecule has 2 fully saturated rings. The second-order valence-corrected chi connectivity index (χ2v) is 5.58. The van der Waals surface area contributed by atoms with Crippen molar-refractivity contribution in [3.05, 3.63) is 29.8 Å². The molecular formula is C15H23N3O. The number of hydrogen-bond donors (Lipinski definition) is 2. The first-order valence-corrected chi connectivity index (χ1v) is 7.22. The number of morpholine rings is 1. The van der Waals surface area contributed by atoms with Crippen molar-refractivity contribution < 1.29 is 4.74 Å². The number of rotatable bonds is 4. The van der Waals surface area contributed by atoms with Crippen molar-refractivity contribution >= 4 is 5.69 Å². The molecule has 4 heteroatoms. The molecule has 0 radical (unpaired) electrons. The number of fused-ring (bicyclic) bond motifs is 1. The number of hydrogen-bond acceptors (Lipinski definition) is 4. The smallest absolute Gasteiger partial charge is 0.0827 e. The van der Waals surface area contributed by atoms with E-state index in [9.17, 15) is 0 Å². The molecule has 19 heavy (non-hydrogen) atoms. The van der Waals surface area contributed by atoms with E-state index in [4.69, 9.17) is 10.5 Å². The lowest BCUT2D eigenvalue weighted by Crippen LogP contribution is -2.49. The van der Waals surface area contributed by atoms with Crippen molar-refractivity contribution in [3.63, 3.8) is 0 Å². The second-order valence-electron chi connectivity index (χ2n) is 5.58. The Labute approximate surface area is 114 Å². The SMILES string of the molecule is Nc1ccccc1CNCC1CN2CCCC2CO1. The lowest BCUT2D eigenvalue weighted by atomic mass is 10.1. The maximum atomic E-state index is 5.93. The molecule has 3 N–H and O–H groups in total. The van der Waals surface area contributed by atoms with Gasteiger partial charge in [0.25, 0.3) is 0 Å². The summed E-state index contributed by atoms with van der Waals surface area (Å²) in [5, 5.41) is 3.46. The van der Waals surface area contributed by atoms with Crippen LogP contribution in [-0.4, -0.2) is 43.3 Å². The average Bonchev–Trinajstić information content (AvgIpc) is 2.88. The van der Waals surface area contributed by atoms with Gasteiger partial charge < -0.3 is 15.8 Å². The molecule has 2 saturated heterocycles. The van der Waals surface area contributed by atoms with Crippen LogP contribution < -0.4 is 11.1 Å². The van der Waals surface area contributed by atoms with Gasteiger partial charge in [0, 0.05) is 31.4 Å². The van der Waals surface area contributed by atoms with Crippen molar-refractivity contribution in [2.75, 3.05) is 32.0 Å². The van der Waals surface area contributed by atoms with E-state index in [1.165, 1.54) is 19.4 Å². The van der Waals surface area contributed by atoms with E-state index in [0.29, 0.717) is 12.1 Å². The Hall–Kier alpha value is -1.10. The van der Waals surface area contributed by atoms with Crippen LogP contribution >= 0.6 is 0 Å². The van der Waals surface area contributed by atoms with Gasteiger partial charge in [-0.25, -0.2) is 0 Å². The Balaban J connectivity index is 1.44. The molecule has 2 atom stereocenters. The third-order valence-electron chi connectivity index (χ3n) is 4.20. The summed E-state index contributed by atoms with van der Waals surface area (Å²) in [6, 6.07) is 8.69. The van der Waals surface area contributed by atoms with E-state index in [0.717, 1.165) is 37.5 Å². The van der Waals surface area contributed by atoms with E-state index in [2.05, 4.69) is 16.3 Å². The molecule has 0 aromatic heterocycles. The highest BCUT2D eigenvalue weighted by Crippen LogP contribution is 2.22. The lowest BCUT2D eigenvalue weighted by Gasteiger charge is -2.35. The fourth-order valence-electron chi connectivity index (χ4n) is 3.07. The minimum absolute atomic E-state index is 0.319. The number of nitrogen functional groups attached to an aromatic ring is 1. The van der Waals surface area contributed by atoms with Crippen molar-refractivity contribution in [3.8, 4) is 0 Å². The minimum atomic E-state index is 0.319. The highest BCUT2D eigenvalue weighted by molar-refractivity contribution is 5.46. The van der Waals surface area contributed by atoms with Crippen molar-refractivity contribution in [1.82, 2.24) is 10.2 Å². The summed E-state index contributed by atoms with van der Waals surface area (Å²) in [5.41, 5.74) is 7.95. The largest absolute Gasteiger partial charge is 0.398 e. The van der Waals surface area contributed by atoms with E-state index in [1.54, 1.807) is 0 Å². The third kappa shape index (κ3) is 3.08. The summed E-state index contributed by atoms with van der Waals surface area (Å²) in [4.78, 5) is 2.58. The van der Waals surface area contributed by atoms with E-state index < -0.39 is 0 Å². The molecule has 1 aromatic carbocycles. The maximum absolute atomic E-state index is 5.93. The highest BCUT2D eigenvalue weighted by Gasteiger charge is 2.31. The van der Waals surface area contributed by atoms with Crippen LogP contribution in [0.25, 0.3) is 0 Å².